The van der Waals surface area contributed by atoms with Crippen molar-refractivity contribution >= 4 is 26.7 Å². The van der Waals surface area contributed by atoms with Gasteiger partial charge in [0, 0.05) is 21.4 Å². The Kier molecular flexibility index (Phi) is 2.22. The molecule has 1 heterocycles. The van der Waals surface area contributed by atoms with Gasteiger partial charge >= 0.3 is 0 Å². The van der Waals surface area contributed by atoms with E-state index in [0.717, 1.165) is 15.2 Å². The fourth-order valence-corrected chi connectivity index (χ4v) is 1.84. The van der Waals surface area contributed by atoms with Crippen LogP contribution in [-0.4, -0.2) is 4.98 Å². The van der Waals surface area contributed by atoms with E-state index >= 15 is 0 Å². The van der Waals surface area contributed by atoms with E-state index in [0.29, 0.717) is 5.69 Å². The lowest BCUT2D eigenvalue weighted by Crippen LogP contribution is -1.86. The van der Waals surface area contributed by atoms with Gasteiger partial charge in [-0.15, -0.1) is 0 Å². The summed E-state index contributed by atoms with van der Waals surface area (Å²) in [6, 6.07) is 8.04. The number of hydrogen-bond donors (Lipinski definition) is 0. The summed E-state index contributed by atoms with van der Waals surface area (Å²) in [7, 11) is 0. The highest BCUT2D eigenvalue weighted by molar-refractivity contribution is 9.10. The smallest absolute Gasteiger partial charge is 0.148 e. The average molecular weight is 247 g/mol. The van der Waals surface area contributed by atoms with Crippen molar-refractivity contribution in [3.8, 4) is 6.07 Å². The van der Waals surface area contributed by atoms with Gasteiger partial charge in [-0.25, -0.2) is 4.98 Å². The first-order chi connectivity index (χ1) is 6.72. The Morgan fingerprint density at radius 3 is 2.86 bits per heavy atom. The van der Waals surface area contributed by atoms with Gasteiger partial charge in [-0.1, -0.05) is 23.8 Å². The molecule has 0 spiro atoms. The molecule has 0 fully saturated rings. The Hall–Kier alpha value is -1.40. The highest BCUT2D eigenvalue weighted by Crippen LogP contribution is 2.25. The highest BCUT2D eigenvalue weighted by atomic mass is 79.9. The van der Waals surface area contributed by atoms with Crippen LogP contribution in [0.25, 0.3) is 10.8 Å². The quantitative estimate of drug-likeness (QED) is 0.716. The van der Waals surface area contributed by atoms with E-state index in [1.807, 2.05) is 25.1 Å². The number of pyridine rings is 1. The van der Waals surface area contributed by atoms with E-state index in [4.69, 9.17) is 5.26 Å². The molecule has 0 unspecified atom stereocenters. The van der Waals surface area contributed by atoms with E-state index in [-0.39, 0.29) is 0 Å². The maximum Gasteiger partial charge on any atom is 0.148 e. The van der Waals surface area contributed by atoms with Gasteiger partial charge in [-0.2, -0.15) is 5.26 Å². The molecule has 0 aliphatic rings. The van der Waals surface area contributed by atoms with Crippen molar-refractivity contribution in [3.63, 3.8) is 0 Å². The fourth-order valence-electron chi connectivity index (χ4n) is 1.41. The molecule has 0 aliphatic heterocycles. The summed E-state index contributed by atoms with van der Waals surface area (Å²) in [5.74, 6) is 0. The van der Waals surface area contributed by atoms with Crippen molar-refractivity contribution in [2.45, 2.75) is 6.92 Å². The molecule has 3 heteroatoms. The molecule has 0 atom stereocenters. The number of nitrogens with zero attached hydrogens (tertiary/aromatic N) is 2. The van der Waals surface area contributed by atoms with Gasteiger partial charge in [0.1, 0.15) is 11.8 Å². The van der Waals surface area contributed by atoms with Crippen molar-refractivity contribution in [1.29, 1.82) is 5.26 Å². The number of aryl methyl sites for hydroxylation is 1. The number of nitriles is 1. The van der Waals surface area contributed by atoms with Crippen LogP contribution in [0.4, 0.5) is 0 Å². The Morgan fingerprint density at radius 1 is 1.36 bits per heavy atom. The largest absolute Gasteiger partial charge is 0.244 e. The van der Waals surface area contributed by atoms with Crippen molar-refractivity contribution in [1.82, 2.24) is 4.98 Å². The molecular weight excluding hydrogens is 240 g/mol. The summed E-state index contributed by atoms with van der Waals surface area (Å²) in [5.41, 5.74) is 1.65. The number of hydrogen-bond acceptors (Lipinski definition) is 2. The first-order valence-corrected chi connectivity index (χ1v) is 4.96. The lowest BCUT2D eigenvalue weighted by molar-refractivity contribution is 1.28. The van der Waals surface area contributed by atoms with Gasteiger partial charge in [-0.05, 0) is 22.9 Å². The molecule has 2 aromatic rings. The summed E-state index contributed by atoms with van der Waals surface area (Å²) in [5, 5.41) is 10.8. The van der Waals surface area contributed by atoms with E-state index in [1.165, 1.54) is 5.56 Å². The first kappa shape index (κ1) is 9.17. The second-order valence-corrected chi connectivity index (χ2v) is 3.97. The minimum Gasteiger partial charge on any atom is -0.244 e. The van der Waals surface area contributed by atoms with Gasteiger partial charge in [0.25, 0.3) is 0 Å². The number of fused-ring (bicyclic) bond motifs is 1. The minimum absolute atomic E-state index is 0.475. The molecule has 0 aliphatic carbocycles. The normalized spacial score (nSPS) is 10.1. The maximum atomic E-state index is 8.87. The SMILES string of the molecule is Cc1ccc2c(C#N)ncc(Br)c2c1. The summed E-state index contributed by atoms with van der Waals surface area (Å²) in [4.78, 5) is 4.05. The third-order valence-electron chi connectivity index (χ3n) is 2.10. The number of benzene rings is 1. The van der Waals surface area contributed by atoms with Crippen LogP contribution in [0.1, 0.15) is 11.3 Å². The van der Waals surface area contributed by atoms with Crippen LogP contribution < -0.4 is 0 Å². The van der Waals surface area contributed by atoms with Crippen LogP contribution in [0.5, 0.6) is 0 Å². The Morgan fingerprint density at radius 2 is 2.14 bits per heavy atom. The molecule has 14 heavy (non-hydrogen) atoms. The van der Waals surface area contributed by atoms with Crippen molar-refractivity contribution in [2.24, 2.45) is 0 Å². The van der Waals surface area contributed by atoms with Crippen LogP contribution in [0.3, 0.4) is 0 Å². The molecule has 0 saturated carbocycles. The monoisotopic (exact) mass is 246 g/mol. The molecule has 0 N–H and O–H groups in total. The molecule has 1 aromatic carbocycles. The van der Waals surface area contributed by atoms with E-state index in [1.54, 1.807) is 6.20 Å². The second-order valence-electron chi connectivity index (χ2n) is 3.12. The van der Waals surface area contributed by atoms with Gasteiger partial charge in [0.2, 0.25) is 0 Å². The molecule has 2 nitrogen and oxygen atoms in total. The van der Waals surface area contributed by atoms with Gasteiger partial charge in [-0.3, -0.25) is 0 Å². The zero-order valence-electron chi connectivity index (χ0n) is 7.58. The van der Waals surface area contributed by atoms with Crippen LogP contribution in [-0.2, 0) is 0 Å². The molecule has 0 amide bonds. The number of aromatic nitrogens is 1. The second kappa shape index (κ2) is 3.39. The van der Waals surface area contributed by atoms with Crippen LogP contribution in [0.15, 0.2) is 28.9 Å². The van der Waals surface area contributed by atoms with Crippen molar-refractivity contribution in [2.75, 3.05) is 0 Å². The van der Waals surface area contributed by atoms with Gasteiger partial charge in [0.05, 0.1) is 0 Å². The standard InChI is InChI=1S/C11H7BrN2/c1-7-2-3-8-9(4-7)10(12)6-14-11(8)5-13/h2-4,6H,1H3. The van der Waals surface area contributed by atoms with Crippen LogP contribution in [0, 0.1) is 18.3 Å². The fraction of sp³-hybridized carbons (Fsp3) is 0.0909. The predicted molar refractivity (Wildman–Crippen MR) is 58.9 cm³/mol. The van der Waals surface area contributed by atoms with Crippen LogP contribution >= 0.6 is 15.9 Å². The number of halogens is 1. The lowest BCUT2D eigenvalue weighted by Gasteiger charge is -2.02. The molecular formula is C11H7BrN2. The Labute approximate surface area is 90.3 Å². The van der Waals surface area contributed by atoms with E-state index < -0.39 is 0 Å². The predicted octanol–water partition coefficient (Wildman–Crippen LogP) is 3.18. The highest BCUT2D eigenvalue weighted by Gasteiger charge is 2.04. The van der Waals surface area contributed by atoms with E-state index in [2.05, 4.69) is 27.0 Å². The summed E-state index contributed by atoms with van der Waals surface area (Å²) in [6.45, 7) is 2.03. The maximum absolute atomic E-state index is 8.87. The van der Waals surface area contributed by atoms with E-state index in [9.17, 15) is 0 Å². The number of rotatable bonds is 0. The first-order valence-electron chi connectivity index (χ1n) is 4.17. The summed E-state index contributed by atoms with van der Waals surface area (Å²) in [6.07, 6.45) is 1.67. The molecule has 0 saturated heterocycles. The summed E-state index contributed by atoms with van der Waals surface area (Å²) >= 11 is 3.42. The topological polar surface area (TPSA) is 36.7 Å². The van der Waals surface area contributed by atoms with Gasteiger partial charge in [0.15, 0.2) is 0 Å². The molecule has 0 radical (unpaired) electrons. The van der Waals surface area contributed by atoms with Crippen LogP contribution in [0.2, 0.25) is 0 Å². The lowest BCUT2D eigenvalue weighted by atomic mass is 10.1. The molecule has 68 valence electrons. The zero-order chi connectivity index (χ0) is 10.1. The third-order valence-corrected chi connectivity index (χ3v) is 2.73. The molecule has 1 aromatic heterocycles. The Bertz CT molecular complexity index is 541. The molecule has 0 bridgehead atoms. The Balaban J connectivity index is 2.93. The third kappa shape index (κ3) is 1.38. The zero-order valence-corrected chi connectivity index (χ0v) is 9.17. The van der Waals surface area contributed by atoms with Gasteiger partial charge < -0.3 is 0 Å². The molecule has 2 rings (SSSR count). The minimum atomic E-state index is 0.475. The van der Waals surface area contributed by atoms with Crippen molar-refractivity contribution in [3.05, 3.63) is 40.1 Å². The summed E-state index contributed by atoms with van der Waals surface area (Å²) < 4.78 is 0.926. The van der Waals surface area contributed by atoms with Crippen molar-refractivity contribution < 1.29 is 0 Å². The average Bonchev–Trinajstić information content (AvgIpc) is 2.19.